The largest absolute Gasteiger partial charge is 0.462 e. The molecule has 0 aliphatic heterocycles. The Labute approximate surface area is 169 Å². The van der Waals surface area contributed by atoms with Crippen LogP contribution in [0.3, 0.4) is 0 Å². The second-order valence-electron chi connectivity index (χ2n) is 5.85. The van der Waals surface area contributed by atoms with Gasteiger partial charge in [-0.2, -0.15) is 0 Å². The van der Waals surface area contributed by atoms with Gasteiger partial charge in [-0.1, -0.05) is 6.08 Å². The smallest absolute Gasteiger partial charge is 0.341 e. The van der Waals surface area contributed by atoms with Crippen LogP contribution in [0, 0.1) is 6.92 Å². The van der Waals surface area contributed by atoms with Gasteiger partial charge in [-0.3, -0.25) is 9.59 Å². The second-order valence-corrected chi connectivity index (χ2v) is 8.98. The summed E-state index contributed by atoms with van der Waals surface area (Å²) in [5.41, 5.74) is 0.460. The number of rotatable bonds is 10. The van der Waals surface area contributed by atoms with E-state index in [9.17, 15) is 22.8 Å². The average molecular weight is 431 g/mol. The van der Waals surface area contributed by atoms with Crippen molar-refractivity contribution in [3.8, 4) is 0 Å². The summed E-state index contributed by atoms with van der Waals surface area (Å²) in [5.74, 6) is -2.83. The monoisotopic (exact) mass is 430 g/mol. The first-order valence-corrected chi connectivity index (χ1v) is 11.5. The number of esters is 1. The van der Waals surface area contributed by atoms with Crippen LogP contribution in [0.4, 0.5) is 5.00 Å². The van der Waals surface area contributed by atoms with Crippen molar-refractivity contribution in [3.63, 3.8) is 0 Å². The lowest BCUT2D eigenvalue weighted by molar-refractivity contribution is -0.113. The number of nitrogens with one attached hydrogen (secondary N) is 1. The lowest BCUT2D eigenvalue weighted by Crippen LogP contribution is -2.30. The molecule has 1 aromatic heterocycles. The molecule has 0 aromatic carbocycles. The Bertz CT molecular complexity index is 854. The minimum atomic E-state index is -3.65. The number of ether oxygens (including phenoxy) is 1. The molecule has 8 nitrogen and oxygen atoms in total. The molecule has 0 aliphatic carbocycles. The second kappa shape index (κ2) is 10.4. The van der Waals surface area contributed by atoms with Crippen molar-refractivity contribution in [1.82, 2.24) is 4.90 Å². The summed E-state index contributed by atoms with van der Waals surface area (Å²) in [5, 5.41) is 2.55. The van der Waals surface area contributed by atoms with Gasteiger partial charge in [0.05, 0.1) is 22.8 Å². The maximum atomic E-state index is 12.7. The maximum Gasteiger partial charge on any atom is 0.341 e. The molecule has 0 atom stereocenters. The Kier molecular flexibility index (Phi) is 8.83. The van der Waals surface area contributed by atoms with Crippen LogP contribution in [-0.2, 0) is 19.4 Å². The van der Waals surface area contributed by atoms with Crippen molar-refractivity contribution in [2.45, 2.75) is 27.7 Å². The molecule has 156 valence electrons. The van der Waals surface area contributed by atoms with Crippen LogP contribution in [0.15, 0.2) is 12.7 Å². The highest BCUT2D eigenvalue weighted by Gasteiger charge is 2.28. The zero-order chi connectivity index (χ0) is 21.5. The number of nitrogens with zero attached hydrogens (tertiary/aromatic N) is 1. The van der Waals surface area contributed by atoms with Crippen LogP contribution in [0.1, 0.15) is 46.4 Å². The highest BCUT2D eigenvalue weighted by atomic mass is 32.2. The normalized spacial score (nSPS) is 11.0. The predicted molar refractivity (Wildman–Crippen MR) is 110 cm³/mol. The van der Waals surface area contributed by atoms with Gasteiger partial charge in [-0.25, -0.2) is 13.2 Å². The van der Waals surface area contributed by atoms with E-state index in [0.29, 0.717) is 23.5 Å². The minimum Gasteiger partial charge on any atom is -0.462 e. The lowest BCUT2D eigenvalue weighted by Gasteiger charge is -2.18. The molecule has 0 saturated heterocycles. The number of carbonyl (C=O) groups is 3. The number of hydrogen-bond donors (Lipinski definition) is 1. The highest BCUT2D eigenvalue weighted by Crippen LogP contribution is 2.34. The van der Waals surface area contributed by atoms with Crippen molar-refractivity contribution in [1.29, 1.82) is 0 Å². The average Bonchev–Trinajstić information content (AvgIpc) is 2.91. The van der Waals surface area contributed by atoms with E-state index in [1.165, 1.54) is 6.08 Å². The van der Waals surface area contributed by atoms with Crippen molar-refractivity contribution in [3.05, 3.63) is 28.7 Å². The fourth-order valence-corrected chi connectivity index (χ4v) is 4.64. The number of anilines is 1. The molecule has 10 heteroatoms. The van der Waals surface area contributed by atoms with Gasteiger partial charge in [-0.15, -0.1) is 17.9 Å². The quantitative estimate of drug-likeness (QED) is 0.450. The first-order chi connectivity index (χ1) is 13.1. The molecule has 0 radical (unpaired) electrons. The summed E-state index contributed by atoms with van der Waals surface area (Å²) in [6.45, 7) is 11.4. The Morgan fingerprint density at radius 1 is 1.21 bits per heavy atom. The van der Waals surface area contributed by atoms with Gasteiger partial charge in [0.2, 0.25) is 5.91 Å². The predicted octanol–water partition coefficient (Wildman–Crippen LogP) is 2.25. The van der Waals surface area contributed by atoms with Crippen molar-refractivity contribution >= 4 is 44.0 Å². The first kappa shape index (κ1) is 23.8. The fourth-order valence-electron chi connectivity index (χ4n) is 2.51. The van der Waals surface area contributed by atoms with E-state index < -0.39 is 27.5 Å². The number of hydrogen-bond acceptors (Lipinski definition) is 7. The molecule has 0 unspecified atom stereocenters. The topological polar surface area (TPSA) is 110 Å². The summed E-state index contributed by atoms with van der Waals surface area (Å²) in [4.78, 5) is 39.2. The van der Waals surface area contributed by atoms with Crippen molar-refractivity contribution in [2.75, 3.05) is 36.5 Å². The number of amides is 2. The Hall–Kier alpha value is -2.20. The van der Waals surface area contributed by atoms with Crippen LogP contribution in [-0.4, -0.2) is 62.3 Å². The molecule has 1 heterocycles. The van der Waals surface area contributed by atoms with Gasteiger partial charge in [0.15, 0.2) is 9.84 Å². The molecule has 2 amide bonds. The molecule has 1 aromatic rings. The van der Waals surface area contributed by atoms with Gasteiger partial charge in [0.1, 0.15) is 10.8 Å². The van der Waals surface area contributed by atoms with E-state index in [0.717, 1.165) is 11.3 Å². The minimum absolute atomic E-state index is 0.0665. The van der Waals surface area contributed by atoms with Gasteiger partial charge < -0.3 is 15.0 Å². The summed E-state index contributed by atoms with van der Waals surface area (Å²) in [7, 11) is -3.65. The summed E-state index contributed by atoms with van der Waals surface area (Å²) < 4.78 is 28.7. The number of carbonyl (C=O) groups excluding carboxylic acids is 3. The molecule has 0 bridgehead atoms. The van der Waals surface area contributed by atoms with Crippen molar-refractivity contribution < 1.29 is 27.5 Å². The standard InChI is InChI=1S/C18H26N2O6S2/c1-6-10-28(24,25)11-13(21)19-16-14(18(23)26-9-4)12(5)15(27-16)17(22)20(7-2)8-3/h6H,1,7-11H2,2-5H3,(H,19,21). The molecule has 0 spiro atoms. The third kappa shape index (κ3) is 5.90. The molecular formula is C18H26N2O6S2. The zero-order valence-electron chi connectivity index (χ0n) is 16.5. The SMILES string of the molecule is C=CCS(=O)(=O)CC(=O)Nc1sc(C(=O)N(CC)CC)c(C)c1C(=O)OCC. The molecular weight excluding hydrogens is 404 g/mol. The van der Waals surface area contributed by atoms with Crippen LogP contribution in [0.5, 0.6) is 0 Å². The zero-order valence-corrected chi connectivity index (χ0v) is 18.2. The van der Waals surface area contributed by atoms with Gasteiger partial charge in [0.25, 0.3) is 5.91 Å². The van der Waals surface area contributed by atoms with Crippen LogP contribution in [0.25, 0.3) is 0 Å². The van der Waals surface area contributed by atoms with Gasteiger partial charge in [-0.05, 0) is 33.3 Å². The molecule has 0 fully saturated rings. The number of thiophene rings is 1. The van der Waals surface area contributed by atoms with Crippen molar-refractivity contribution in [2.24, 2.45) is 0 Å². The van der Waals surface area contributed by atoms with E-state index >= 15 is 0 Å². The lowest BCUT2D eigenvalue weighted by atomic mass is 10.1. The van der Waals surface area contributed by atoms with E-state index in [4.69, 9.17) is 4.74 Å². The molecule has 0 aliphatic rings. The highest BCUT2D eigenvalue weighted by molar-refractivity contribution is 7.92. The van der Waals surface area contributed by atoms with Crippen LogP contribution in [0.2, 0.25) is 0 Å². The Morgan fingerprint density at radius 2 is 1.82 bits per heavy atom. The molecule has 0 saturated carbocycles. The summed E-state index contributed by atoms with van der Waals surface area (Å²) in [6.07, 6.45) is 1.20. The molecule has 1 rings (SSSR count). The van der Waals surface area contributed by atoms with E-state index in [1.807, 2.05) is 13.8 Å². The molecule has 28 heavy (non-hydrogen) atoms. The van der Waals surface area contributed by atoms with Gasteiger partial charge in [0, 0.05) is 13.1 Å². The first-order valence-electron chi connectivity index (χ1n) is 8.82. The van der Waals surface area contributed by atoms with Gasteiger partial charge >= 0.3 is 5.97 Å². The fraction of sp³-hybridized carbons (Fsp3) is 0.500. The third-order valence-corrected chi connectivity index (χ3v) is 6.49. The van der Waals surface area contributed by atoms with Crippen LogP contribution >= 0.6 is 11.3 Å². The molecule has 1 N–H and O–H groups in total. The Morgan fingerprint density at radius 3 is 2.32 bits per heavy atom. The van der Waals surface area contributed by atoms with E-state index in [-0.39, 0.29) is 28.8 Å². The van der Waals surface area contributed by atoms with E-state index in [2.05, 4.69) is 11.9 Å². The van der Waals surface area contributed by atoms with E-state index in [1.54, 1.807) is 18.7 Å². The third-order valence-electron chi connectivity index (χ3n) is 3.85. The van der Waals surface area contributed by atoms with Crippen LogP contribution < -0.4 is 5.32 Å². The number of sulfone groups is 1. The Balaban J connectivity index is 3.30. The summed E-state index contributed by atoms with van der Waals surface area (Å²) in [6, 6.07) is 0. The summed E-state index contributed by atoms with van der Waals surface area (Å²) >= 11 is 0.936. The maximum absolute atomic E-state index is 12.7.